The maximum Gasteiger partial charge on any atom is 0.123 e. The van der Waals surface area contributed by atoms with Crippen LogP contribution < -0.4 is 4.74 Å². The van der Waals surface area contributed by atoms with Crippen LogP contribution >= 0.6 is 0 Å². The average Bonchev–Trinajstić information content (AvgIpc) is 2.38. The van der Waals surface area contributed by atoms with Crippen molar-refractivity contribution in [2.45, 2.75) is 26.9 Å². The number of para-hydroxylation sites is 1. The summed E-state index contributed by atoms with van der Waals surface area (Å²) in [6.45, 7) is 4.92. The van der Waals surface area contributed by atoms with Gasteiger partial charge in [0, 0.05) is 0 Å². The Hall–Kier alpha value is -1.76. The third-order valence-electron chi connectivity index (χ3n) is 2.75. The Bertz CT molecular complexity index is 474. The second kappa shape index (κ2) is 6.25. The molecular formula is C17H19O. The molecule has 0 aliphatic carbocycles. The van der Waals surface area contributed by atoms with Gasteiger partial charge in [0.2, 0.25) is 0 Å². The molecule has 0 spiro atoms. The van der Waals surface area contributed by atoms with Crippen molar-refractivity contribution in [3.8, 4) is 5.75 Å². The fraction of sp³-hybridized carbons (Fsp3) is 0.235. The third kappa shape index (κ3) is 3.63. The summed E-state index contributed by atoms with van der Waals surface area (Å²) in [5.74, 6) is 2.38. The van der Waals surface area contributed by atoms with Gasteiger partial charge in [0.1, 0.15) is 12.4 Å². The van der Waals surface area contributed by atoms with E-state index in [1.165, 1.54) is 17.0 Å². The fourth-order valence-corrected chi connectivity index (χ4v) is 1.91. The van der Waals surface area contributed by atoms with Crippen molar-refractivity contribution in [2.75, 3.05) is 0 Å². The van der Waals surface area contributed by atoms with Crippen LogP contribution in [0.2, 0.25) is 0 Å². The zero-order chi connectivity index (χ0) is 12.8. The molecule has 0 aliphatic rings. The largest absolute Gasteiger partial charge is 0.489 e. The molecule has 1 radical (unpaired) electrons. The van der Waals surface area contributed by atoms with E-state index in [9.17, 15) is 0 Å². The molecule has 0 heterocycles. The molecule has 0 atom stereocenters. The Morgan fingerprint density at radius 1 is 0.889 bits per heavy atom. The van der Waals surface area contributed by atoms with Crippen molar-refractivity contribution in [2.24, 2.45) is 0 Å². The van der Waals surface area contributed by atoms with Crippen molar-refractivity contribution in [3.63, 3.8) is 0 Å². The molecule has 2 aromatic carbocycles. The summed E-state index contributed by atoms with van der Waals surface area (Å²) < 4.78 is 5.91. The number of hydrogen-bond donors (Lipinski definition) is 0. The Morgan fingerprint density at radius 3 is 2.28 bits per heavy atom. The van der Waals surface area contributed by atoms with Gasteiger partial charge in [-0.05, 0) is 29.5 Å². The zero-order valence-electron chi connectivity index (χ0n) is 11.0. The van der Waals surface area contributed by atoms with Gasteiger partial charge in [-0.1, -0.05) is 62.4 Å². The SMILES string of the molecule is C[C](C)Cc1ccccc1OCc1ccccc1. The smallest absolute Gasteiger partial charge is 0.123 e. The van der Waals surface area contributed by atoms with E-state index in [1.54, 1.807) is 0 Å². The zero-order valence-corrected chi connectivity index (χ0v) is 11.0. The molecule has 0 unspecified atom stereocenters. The highest BCUT2D eigenvalue weighted by atomic mass is 16.5. The molecule has 18 heavy (non-hydrogen) atoms. The van der Waals surface area contributed by atoms with E-state index in [2.05, 4.69) is 38.1 Å². The van der Waals surface area contributed by atoms with Gasteiger partial charge in [-0.25, -0.2) is 0 Å². The monoisotopic (exact) mass is 239 g/mol. The minimum Gasteiger partial charge on any atom is -0.489 e. The summed E-state index contributed by atoms with van der Waals surface area (Å²) >= 11 is 0. The molecule has 2 aromatic rings. The maximum atomic E-state index is 5.91. The molecule has 2 rings (SSSR count). The summed E-state index contributed by atoms with van der Waals surface area (Å²) in [6.07, 6.45) is 0.977. The van der Waals surface area contributed by atoms with Crippen LogP contribution in [0.25, 0.3) is 0 Å². The van der Waals surface area contributed by atoms with E-state index in [-0.39, 0.29) is 0 Å². The lowest BCUT2D eigenvalue weighted by Crippen LogP contribution is -2.00. The van der Waals surface area contributed by atoms with Crippen molar-refractivity contribution >= 4 is 0 Å². The van der Waals surface area contributed by atoms with Crippen molar-refractivity contribution in [1.82, 2.24) is 0 Å². The topological polar surface area (TPSA) is 9.23 Å². The molecule has 0 saturated heterocycles. The van der Waals surface area contributed by atoms with Crippen molar-refractivity contribution in [3.05, 3.63) is 71.6 Å². The molecule has 0 amide bonds. The molecule has 1 nitrogen and oxygen atoms in total. The second-order valence-electron chi connectivity index (χ2n) is 4.77. The molecule has 0 aromatic heterocycles. The molecule has 93 valence electrons. The first-order chi connectivity index (χ1) is 8.75. The van der Waals surface area contributed by atoms with Crippen LogP contribution in [0.1, 0.15) is 25.0 Å². The first-order valence-corrected chi connectivity index (χ1v) is 6.29. The van der Waals surface area contributed by atoms with Crippen LogP contribution in [0.15, 0.2) is 54.6 Å². The minimum absolute atomic E-state index is 0.626. The van der Waals surface area contributed by atoms with Gasteiger partial charge in [-0.2, -0.15) is 0 Å². The summed E-state index contributed by atoms with van der Waals surface area (Å²) in [5, 5.41) is 0. The van der Waals surface area contributed by atoms with Crippen LogP contribution in [0.5, 0.6) is 5.75 Å². The quantitative estimate of drug-likeness (QED) is 0.750. The Labute approximate surface area is 109 Å². The van der Waals surface area contributed by atoms with E-state index in [0.29, 0.717) is 6.61 Å². The van der Waals surface area contributed by atoms with Gasteiger partial charge in [-0.3, -0.25) is 0 Å². The van der Waals surface area contributed by atoms with E-state index in [4.69, 9.17) is 4.74 Å². The van der Waals surface area contributed by atoms with Crippen LogP contribution in [-0.2, 0) is 13.0 Å². The molecular weight excluding hydrogens is 220 g/mol. The maximum absolute atomic E-state index is 5.91. The highest BCUT2D eigenvalue weighted by Gasteiger charge is 2.05. The normalized spacial score (nSPS) is 10.6. The lowest BCUT2D eigenvalue weighted by atomic mass is 10.0. The first-order valence-electron chi connectivity index (χ1n) is 6.29. The van der Waals surface area contributed by atoms with Gasteiger partial charge < -0.3 is 4.74 Å². The van der Waals surface area contributed by atoms with Crippen LogP contribution in [-0.4, -0.2) is 0 Å². The predicted octanol–water partition coefficient (Wildman–Crippen LogP) is 4.42. The van der Waals surface area contributed by atoms with E-state index in [1.807, 2.05) is 30.3 Å². The molecule has 0 aliphatic heterocycles. The number of hydrogen-bond acceptors (Lipinski definition) is 1. The summed E-state index contributed by atoms with van der Waals surface area (Å²) in [6, 6.07) is 18.5. The molecule has 1 heteroatoms. The predicted molar refractivity (Wildman–Crippen MR) is 75.5 cm³/mol. The Morgan fingerprint density at radius 2 is 1.56 bits per heavy atom. The number of rotatable bonds is 5. The van der Waals surface area contributed by atoms with Gasteiger partial charge in [-0.15, -0.1) is 0 Å². The Kier molecular flexibility index (Phi) is 4.40. The summed E-state index contributed by atoms with van der Waals surface area (Å²) in [5.41, 5.74) is 2.46. The average molecular weight is 239 g/mol. The highest BCUT2D eigenvalue weighted by Crippen LogP contribution is 2.22. The molecule has 0 fully saturated rings. The molecule has 0 saturated carbocycles. The number of ether oxygens (including phenoxy) is 1. The second-order valence-corrected chi connectivity index (χ2v) is 4.77. The van der Waals surface area contributed by atoms with Gasteiger partial charge in [0.15, 0.2) is 0 Å². The van der Waals surface area contributed by atoms with Crippen molar-refractivity contribution in [1.29, 1.82) is 0 Å². The minimum atomic E-state index is 0.626. The molecule has 0 bridgehead atoms. The van der Waals surface area contributed by atoms with Crippen LogP contribution in [0, 0.1) is 5.92 Å². The van der Waals surface area contributed by atoms with Gasteiger partial charge >= 0.3 is 0 Å². The standard InChI is InChI=1S/C17H19O/c1-14(2)12-16-10-6-7-11-17(16)18-13-15-8-4-3-5-9-15/h3-11H,12-13H2,1-2H3. The lowest BCUT2D eigenvalue weighted by molar-refractivity contribution is 0.303. The van der Waals surface area contributed by atoms with Crippen LogP contribution in [0.3, 0.4) is 0 Å². The number of benzene rings is 2. The van der Waals surface area contributed by atoms with Gasteiger partial charge in [0.05, 0.1) is 0 Å². The fourth-order valence-electron chi connectivity index (χ4n) is 1.91. The van der Waals surface area contributed by atoms with Crippen molar-refractivity contribution < 1.29 is 4.74 Å². The summed E-state index contributed by atoms with van der Waals surface area (Å²) in [4.78, 5) is 0. The van der Waals surface area contributed by atoms with Crippen LogP contribution in [0.4, 0.5) is 0 Å². The van der Waals surface area contributed by atoms with E-state index < -0.39 is 0 Å². The molecule has 0 N–H and O–H groups in total. The summed E-state index contributed by atoms with van der Waals surface area (Å²) in [7, 11) is 0. The third-order valence-corrected chi connectivity index (χ3v) is 2.75. The Balaban J connectivity index is 2.05. The first kappa shape index (κ1) is 12.7. The van der Waals surface area contributed by atoms with E-state index >= 15 is 0 Å². The van der Waals surface area contributed by atoms with Gasteiger partial charge in [0.25, 0.3) is 0 Å². The lowest BCUT2D eigenvalue weighted by Gasteiger charge is -2.12. The highest BCUT2D eigenvalue weighted by molar-refractivity contribution is 5.35. The van der Waals surface area contributed by atoms with E-state index in [0.717, 1.165) is 12.2 Å².